The molecule has 1 rings (SSSR count). The Bertz CT molecular complexity index is 246. The Hall–Kier alpha value is -1.38. The summed E-state index contributed by atoms with van der Waals surface area (Å²) in [7, 11) is 0. The van der Waals surface area contributed by atoms with Gasteiger partial charge in [0, 0.05) is 0 Å². The van der Waals surface area contributed by atoms with E-state index in [1.807, 2.05) is 6.92 Å². The Morgan fingerprint density at radius 3 is 3.17 bits per heavy atom. The van der Waals surface area contributed by atoms with Crippen LogP contribution in [0.15, 0.2) is 18.2 Å². The number of carbonyl (C=O) groups is 1. The van der Waals surface area contributed by atoms with E-state index in [-0.39, 0.29) is 5.97 Å². The molecule has 1 heterocycles. The third kappa shape index (κ3) is 2.34. The zero-order valence-electron chi connectivity index (χ0n) is 6.91. The molecule has 0 fully saturated rings. The molecule has 1 radical (unpaired) electrons. The fourth-order valence-corrected chi connectivity index (χ4v) is 0.709. The van der Waals surface area contributed by atoms with Crippen molar-refractivity contribution in [1.82, 2.24) is 4.98 Å². The van der Waals surface area contributed by atoms with Crippen molar-refractivity contribution in [3.8, 4) is 0 Å². The number of carbonyl (C=O) groups excluding carboxylic acids is 1. The maximum atomic E-state index is 11.1. The van der Waals surface area contributed by atoms with Crippen molar-refractivity contribution in [3.05, 3.63) is 30.1 Å². The lowest BCUT2D eigenvalue weighted by Crippen LogP contribution is -2.07. The van der Waals surface area contributed by atoms with Crippen molar-refractivity contribution in [2.75, 3.05) is 6.61 Å². The fraction of sp³-hybridized carbons (Fsp3) is 0.333. The molecule has 0 amide bonds. The molecule has 12 heavy (non-hydrogen) atoms. The number of aromatic nitrogens is 1. The molecule has 0 aliphatic heterocycles. The molecule has 0 spiro atoms. The second-order valence-electron chi connectivity index (χ2n) is 2.29. The lowest BCUT2D eigenvalue weighted by Gasteiger charge is -2.00. The predicted molar refractivity (Wildman–Crippen MR) is 43.6 cm³/mol. The zero-order valence-corrected chi connectivity index (χ0v) is 6.91. The monoisotopic (exact) mass is 164 g/mol. The Labute approximate surface area is 71.4 Å². The molecule has 3 nitrogen and oxygen atoms in total. The molecule has 0 bridgehead atoms. The first-order valence-electron chi connectivity index (χ1n) is 3.85. The summed E-state index contributed by atoms with van der Waals surface area (Å²) in [6.07, 6.45) is 3.39. The van der Waals surface area contributed by atoms with Crippen molar-refractivity contribution in [2.45, 2.75) is 13.3 Å². The van der Waals surface area contributed by atoms with Gasteiger partial charge in [0.1, 0.15) is 5.69 Å². The van der Waals surface area contributed by atoms with Gasteiger partial charge in [-0.2, -0.15) is 0 Å². The molecule has 0 unspecified atom stereocenters. The molecule has 0 atom stereocenters. The normalized spacial score (nSPS) is 9.42. The first kappa shape index (κ1) is 8.71. The molecule has 1 aromatic rings. The van der Waals surface area contributed by atoms with Crippen LogP contribution in [0.2, 0.25) is 0 Å². The summed E-state index contributed by atoms with van der Waals surface area (Å²) in [5.41, 5.74) is 0.311. The minimum absolute atomic E-state index is 0.311. The molecular formula is C9H10NO2. The van der Waals surface area contributed by atoms with Crippen LogP contribution in [0.4, 0.5) is 0 Å². The molecule has 0 N–H and O–H groups in total. The first-order valence-corrected chi connectivity index (χ1v) is 3.85. The second kappa shape index (κ2) is 4.49. The highest BCUT2D eigenvalue weighted by Crippen LogP contribution is 1.96. The number of ether oxygens (including phenoxy) is 1. The average molecular weight is 164 g/mol. The number of nitrogens with zero attached hydrogens (tertiary/aromatic N) is 1. The van der Waals surface area contributed by atoms with E-state index in [1.165, 1.54) is 0 Å². The smallest absolute Gasteiger partial charge is 0.356 e. The molecule has 0 aliphatic carbocycles. The summed E-state index contributed by atoms with van der Waals surface area (Å²) >= 11 is 0. The van der Waals surface area contributed by atoms with Gasteiger partial charge in [0.05, 0.1) is 12.8 Å². The van der Waals surface area contributed by atoms with Crippen molar-refractivity contribution >= 4 is 5.97 Å². The number of pyridine rings is 1. The number of rotatable bonds is 3. The average Bonchev–Trinajstić information content (AvgIpc) is 2.15. The standard InChI is InChI=1S/C9H10NO2/c1-2-7-12-9(11)8-5-3-4-6-10-8/h3-5H,2,7H2,1H3. The van der Waals surface area contributed by atoms with Crippen molar-refractivity contribution in [2.24, 2.45) is 0 Å². The molecule has 63 valence electrons. The highest BCUT2D eigenvalue weighted by atomic mass is 16.5. The molecule has 0 aliphatic rings. The Kier molecular flexibility index (Phi) is 3.26. The van der Waals surface area contributed by atoms with E-state index in [0.717, 1.165) is 6.42 Å². The SMILES string of the molecule is CCCOC(=O)c1ccc[c]n1. The first-order chi connectivity index (χ1) is 5.84. The van der Waals surface area contributed by atoms with Gasteiger partial charge in [-0.15, -0.1) is 0 Å². The van der Waals surface area contributed by atoms with Gasteiger partial charge >= 0.3 is 5.97 Å². The summed E-state index contributed by atoms with van der Waals surface area (Å²) in [5, 5.41) is 0. The van der Waals surface area contributed by atoms with Gasteiger partial charge in [0.25, 0.3) is 0 Å². The van der Waals surface area contributed by atoms with Crippen LogP contribution in [-0.4, -0.2) is 17.6 Å². The molecule has 1 aromatic heterocycles. The summed E-state index contributed by atoms with van der Waals surface area (Å²) in [6, 6.07) is 4.95. The molecule has 0 saturated carbocycles. The fourth-order valence-electron chi connectivity index (χ4n) is 0.709. The summed E-state index contributed by atoms with van der Waals surface area (Å²) < 4.78 is 4.86. The zero-order chi connectivity index (χ0) is 8.81. The summed E-state index contributed by atoms with van der Waals surface area (Å²) in [6.45, 7) is 2.38. The van der Waals surface area contributed by atoms with Crippen LogP contribution < -0.4 is 0 Å². The van der Waals surface area contributed by atoms with Crippen molar-refractivity contribution < 1.29 is 9.53 Å². The van der Waals surface area contributed by atoms with Gasteiger partial charge < -0.3 is 4.74 Å². The number of hydrogen-bond donors (Lipinski definition) is 0. The van der Waals surface area contributed by atoms with Crippen LogP contribution in [0.3, 0.4) is 0 Å². The Balaban J connectivity index is 2.54. The summed E-state index contributed by atoms with van der Waals surface area (Å²) in [4.78, 5) is 14.8. The lowest BCUT2D eigenvalue weighted by atomic mass is 10.3. The van der Waals surface area contributed by atoms with Crippen LogP contribution in [-0.2, 0) is 4.74 Å². The predicted octanol–water partition coefficient (Wildman–Crippen LogP) is 1.45. The van der Waals surface area contributed by atoms with Crippen molar-refractivity contribution in [3.63, 3.8) is 0 Å². The third-order valence-electron chi connectivity index (χ3n) is 1.26. The van der Waals surface area contributed by atoms with E-state index in [2.05, 4.69) is 11.2 Å². The minimum Gasteiger partial charge on any atom is -0.461 e. The summed E-state index contributed by atoms with van der Waals surface area (Å²) in [5.74, 6) is -0.381. The largest absolute Gasteiger partial charge is 0.461 e. The number of esters is 1. The maximum Gasteiger partial charge on any atom is 0.356 e. The van der Waals surface area contributed by atoms with Crippen LogP contribution >= 0.6 is 0 Å². The van der Waals surface area contributed by atoms with Crippen LogP contribution in [0.5, 0.6) is 0 Å². The maximum absolute atomic E-state index is 11.1. The molecular weight excluding hydrogens is 154 g/mol. The van der Waals surface area contributed by atoms with Gasteiger partial charge in [-0.3, -0.25) is 0 Å². The lowest BCUT2D eigenvalue weighted by molar-refractivity contribution is 0.0498. The highest BCUT2D eigenvalue weighted by molar-refractivity contribution is 5.86. The second-order valence-corrected chi connectivity index (χ2v) is 2.29. The van der Waals surface area contributed by atoms with Crippen molar-refractivity contribution in [1.29, 1.82) is 0 Å². The van der Waals surface area contributed by atoms with E-state index in [9.17, 15) is 4.79 Å². The van der Waals surface area contributed by atoms with Gasteiger partial charge in [-0.25, -0.2) is 9.78 Å². The molecule has 0 saturated heterocycles. The van der Waals surface area contributed by atoms with Gasteiger partial charge in [0.15, 0.2) is 0 Å². The van der Waals surface area contributed by atoms with E-state index < -0.39 is 0 Å². The van der Waals surface area contributed by atoms with Crippen LogP contribution in [0.25, 0.3) is 0 Å². The third-order valence-corrected chi connectivity index (χ3v) is 1.26. The quantitative estimate of drug-likeness (QED) is 0.635. The topological polar surface area (TPSA) is 39.2 Å². The van der Waals surface area contributed by atoms with E-state index >= 15 is 0 Å². The van der Waals surface area contributed by atoms with E-state index in [4.69, 9.17) is 4.74 Å². The van der Waals surface area contributed by atoms with Gasteiger partial charge in [-0.05, 0) is 18.6 Å². The number of hydrogen-bond acceptors (Lipinski definition) is 3. The Morgan fingerprint density at radius 2 is 2.58 bits per heavy atom. The van der Waals surface area contributed by atoms with Gasteiger partial charge in [0.2, 0.25) is 0 Å². The molecule has 0 aromatic carbocycles. The van der Waals surface area contributed by atoms with E-state index in [0.29, 0.717) is 12.3 Å². The van der Waals surface area contributed by atoms with Gasteiger partial charge in [-0.1, -0.05) is 13.0 Å². The van der Waals surface area contributed by atoms with Crippen LogP contribution in [0, 0.1) is 6.20 Å². The minimum atomic E-state index is -0.381. The highest BCUT2D eigenvalue weighted by Gasteiger charge is 2.05. The van der Waals surface area contributed by atoms with Crippen LogP contribution in [0.1, 0.15) is 23.8 Å². The molecule has 3 heteroatoms. The Morgan fingerprint density at radius 1 is 1.75 bits per heavy atom. The van der Waals surface area contributed by atoms with E-state index in [1.54, 1.807) is 18.2 Å².